The summed E-state index contributed by atoms with van der Waals surface area (Å²) < 4.78 is 6.13. The number of halogens is 1. The number of Topliss-reactive ketones (excluding diaryl/α,β-unsaturated/α-hetero) is 1. The molecule has 1 N–H and O–H groups in total. The average Bonchev–Trinajstić information content (AvgIpc) is 2.57. The van der Waals surface area contributed by atoms with Crippen molar-refractivity contribution in [2.24, 2.45) is 5.92 Å². The topological polar surface area (TPSA) is 46.5 Å². The first-order chi connectivity index (χ1) is 11.1. The fourth-order valence-corrected chi connectivity index (χ4v) is 2.78. The van der Waals surface area contributed by atoms with Crippen LogP contribution >= 0.6 is 15.9 Å². The zero-order valence-corrected chi connectivity index (χ0v) is 14.8. The van der Waals surface area contributed by atoms with Gasteiger partial charge >= 0.3 is 0 Å². The number of aliphatic hydroxyl groups excluding tert-OH is 1. The van der Waals surface area contributed by atoms with Gasteiger partial charge in [-0.05, 0) is 47.7 Å². The van der Waals surface area contributed by atoms with E-state index in [9.17, 15) is 9.90 Å². The first kappa shape index (κ1) is 17.7. The fraction of sp³-hybridized carbons (Fsp3) is 0.316. The lowest BCUT2D eigenvalue weighted by molar-refractivity contribution is -0.119. The Morgan fingerprint density at radius 1 is 1.09 bits per heavy atom. The molecule has 0 saturated carbocycles. The lowest BCUT2D eigenvalue weighted by Gasteiger charge is -2.14. The maximum absolute atomic E-state index is 12.2. The molecule has 122 valence electrons. The second-order valence-electron chi connectivity index (χ2n) is 5.65. The predicted molar refractivity (Wildman–Crippen MR) is 94.7 cm³/mol. The Morgan fingerprint density at radius 2 is 1.70 bits per heavy atom. The number of rotatable bonds is 8. The SMILES string of the molecule is COc1ccc(CC(CO)CC(=O)Cc2ccc(Br)cc2)cc1. The van der Waals surface area contributed by atoms with Crippen molar-refractivity contribution in [3.63, 3.8) is 0 Å². The highest BCUT2D eigenvalue weighted by atomic mass is 79.9. The van der Waals surface area contributed by atoms with Crippen LogP contribution in [0.4, 0.5) is 0 Å². The molecule has 0 saturated heterocycles. The Labute approximate surface area is 145 Å². The van der Waals surface area contributed by atoms with E-state index in [-0.39, 0.29) is 18.3 Å². The summed E-state index contributed by atoms with van der Waals surface area (Å²) in [6.45, 7) is 0.0120. The van der Waals surface area contributed by atoms with Crippen molar-refractivity contribution in [1.29, 1.82) is 0 Å². The van der Waals surface area contributed by atoms with Gasteiger partial charge in [-0.2, -0.15) is 0 Å². The van der Waals surface area contributed by atoms with Crippen LogP contribution in [0, 0.1) is 5.92 Å². The molecule has 0 bridgehead atoms. The van der Waals surface area contributed by atoms with Crippen LogP contribution in [0.2, 0.25) is 0 Å². The second-order valence-corrected chi connectivity index (χ2v) is 6.56. The average molecular weight is 377 g/mol. The van der Waals surface area contributed by atoms with E-state index in [0.717, 1.165) is 21.3 Å². The molecule has 0 aliphatic heterocycles. The highest BCUT2D eigenvalue weighted by Crippen LogP contribution is 2.18. The maximum Gasteiger partial charge on any atom is 0.137 e. The number of methoxy groups -OCH3 is 1. The molecule has 3 nitrogen and oxygen atoms in total. The van der Waals surface area contributed by atoms with Gasteiger partial charge in [0.1, 0.15) is 11.5 Å². The van der Waals surface area contributed by atoms with E-state index >= 15 is 0 Å². The number of benzene rings is 2. The monoisotopic (exact) mass is 376 g/mol. The summed E-state index contributed by atoms with van der Waals surface area (Å²) in [6, 6.07) is 15.5. The third-order valence-electron chi connectivity index (χ3n) is 3.77. The largest absolute Gasteiger partial charge is 0.497 e. The summed E-state index contributed by atoms with van der Waals surface area (Å²) in [4.78, 5) is 12.2. The molecule has 0 spiro atoms. The van der Waals surface area contributed by atoms with Crippen molar-refractivity contribution in [3.05, 3.63) is 64.1 Å². The van der Waals surface area contributed by atoms with Crippen LogP contribution in [-0.4, -0.2) is 24.6 Å². The van der Waals surface area contributed by atoms with E-state index < -0.39 is 0 Å². The zero-order chi connectivity index (χ0) is 16.7. The number of carbonyl (C=O) groups excluding carboxylic acids is 1. The van der Waals surface area contributed by atoms with Gasteiger partial charge in [-0.3, -0.25) is 4.79 Å². The van der Waals surface area contributed by atoms with E-state index in [1.54, 1.807) is 7.11 Å². The molecule has 1 atom stereocenters. The van der Waals surface area contributed by atoms with Crippen molar-refractivity contribution >= 4 is 21.7 Å². The van der Waals surface area contributed by atoms with Gasteiger partial charge in [-0.1, -0.05) is 40.2 Å². The molecule has 23 heavy (non-hydrogen) atoms. The van der Waals surface area contributed by atoms with Crippen molar-refractivity contribution in [3.8, 4) is 5.75 Å². The van der Waals surface area contributed by atoms with Crippen LogP contribution in [0.5, 0.6) is 5.75 Å². The number of aliphatic hydroxyl groups is 1. The molecule has 0 heterocycles. The van der Waals surface area contributed by atoms with E-state index in [0.29, 0.717) is 19.3 Å². The molecule has 2 aromatic carbocycles. The van der Waals surface area contributed by atoms with Crippen LogP contribution < -0.4 is 4.74 Å². The molecule has 2 aromatic rings. The van der Waals surface area contributed by atoms with Crippen molar-refractivity contribution in [2.45, 2.75) is 19.3 Å². The minimum Gasteiger partial charge on any atom is -0.497 e. The number of ether oxygens (including phenoxy) is 1. The minimum absolute atomic E-state index is 0.0120. The number of hydrogen-bond acceptors (Lipinski definition) is 3. The van der Waals surface area contributed by atoms with E-state index in [1.807, 2.05) is 48.5 Å². The van der Waals surface area contributed by atoms with Gasteiger partial charge in [0.15, 0.2) is 0 Å². The van der Waals surface area contributed by atoms with Crippen LogP contribution in [0.3, 0.4) is 0 Å². The summed E-state index contributed by atoms with van der Waals surface area (Å²) in [7, 11) is 1.63. The quantitative estimate of drug-likeness (QED) is 0.761. The molecule has 0 aromatic heterocycles. The van der Waals surface area contributed by atoms with Gasteiger partial charge in [0.2, 0.25) is 0 Å². The van der Waals surface area contributed by atoms with Crippen molar-refractivity contribution < 1.29 is 14.6 Å². The smallest absolute Gasteiger partial charge is 0.137 e. The van der Waals surface area contributed by atoms with Gasteiger partial charge in [0.05, 0.1) is 7.11 Å². The van der Waals surface area contributed by atoms with Gasteiger partial charge in [-0.15, -0.1) is 0 Å². The van der Waals surface area contributed by atoms with E-state index in [2.05, 4.69) is 15.9 Å². The van der Waals surface area contributed by atoms with E-state index in [1.165, 1.54) is 0 Å². The van der Waals surface area contributed by atoms with Gasteiger partial charge in [-0.25, -0.2) is 0 Å². The van der Waals surface area contributed by atoms with Gasteiger partial charge in [0, 0.05) is 23.9 Å². The Bertz CT molecular complexity index is 620. The molecular weight excluding hydrogens is 356 g/mol. The lowest BCUT2D eigenvalue weighted by atomic mass is 9.93. The number of ketones is 1. The normalized spacial score (nSPS) is 12.0. The minimum atomic E-state index is -0.0497. The predicted octanol–water partition coefficient (Wildman–Crippen LogP) is 3.81. The van der Waals surface area contributed by atoms with Crippen LogP contribution in [0.15, 0.2) is 53.0 Å². The zero-order valence-electron chi connectivity index (χ0n) is 13.2. The first-order valence-electron chi connectivity index (χ1n) is 7.60. The van der Waals surface area contributed by atoms with Crippen LogP contribution in [0.1, 0.15) is 17.5 Å². The molecular formula is C19H21BrO3. The van der Waals surface area contributed by atoms with Crippen LogP contribution in [-0.2, 0) is 17.6 Å². The highest BCUT2D eigenvalue weighted by Gasteiger charge is 2.14. The summed E-state index contributed by atoms with van der Waals surface area (Å²) >= 11 is 3.38. The molecule has 0 radical (unpaired) electrons. The molecule has 4 heteroatoms. The number of carbonyl (C=O) groups is 1. The van der Waals surface area contributed by atoms with Crippen molar-refractivity contribution in [1.82, 2.24) is 0 Å². The standard InChI is InChI=1S/C19H21BrO3/c1-23-19-8-4-14(5-9-19)10-16(13-21)12-18(22)11-15-2-6-17(20)7-3-15/h2-9,16,21H,10-13H2,1H3. The van der Waals surface area contributed by atoms with Gasteiger partial charge in [0.25, 0.3) is 0 Å². The van der Waals surface area contributed by atoms with Crippen molar-refractivity contribution in [2.75, 3.05) is 13.7 Å². The highest BCUT2D eigenvalue weighted by molar-refractivity contribution is 9.10. The Kier molecular flexibility index (Phi) is 6.81. The molecule has 0 aliphatic rings. The third kappa shape index (κ3) is 5.81. The Morgan fingerprint density at radius 3 is 2.26 bits per heavy atom. The first-order valence-corrected chi connectivity index (χ1v) is 8.40. The Hall–Kier alpha value is -1.65. The summed E-state index contributed by atoms with van der Waals surface area (Å²) in [5, 5.41) is 9.56. The fourth-order valence-electron chi connectivity index (χ4n) is 2.52. The summed E-state index contributed by atoms with van der Waals surface area (Å²) in [6.07, 6.45) is 1.48. The molecule has 0 amide bonds. The molecule has 0 aliphatic carbocycles. The van der Waals surface area contributed by atoms with Crippen LogP contribution in [0.25, 0.3) is 0 Å². The molecule has 0 fully saturated rings. The molecule has 2 rings (SSSR count). The van der Waals surface area contributed by atoms with E-state index in [4.69, 9.17) is 4.74 Å². The maximum atomic E-state index is 12.2. The Balaban J connectivity index is 1.89. The second kappa shape index (κ2) is 8.85. The summed E-state index contributed by atoms with van der Waals surface area (Å²) in [5.41, 5.74) is 2.10. The third-order valence-corrected chi connectivity index (χ3v) is 4.30. The lowest BCUT2D eigenvalue weighted by Crippen LogP contribution is -2.16. The van der Waals surface area contributed by atoms with Gasteiger partial charge < -0.3 is 9.84 Å². The molecule has 1 unspecified atom stereocenters. The number of hydrogen-bond donors (Lipinski definition) is 1. The summed E-state index contributed by atoms with van der Waals surface area (Å²) in [5.74, 6) is 0.909.